The van der Waals surface area contributed by atoms with Crippen LogP contribution in [0.25, 0.3) is 0 Å². The molecule has 0 amide bonds. The van der Waals surface area contributed by atoms with Gasteiger partial charge in [0.15, 0.2) is 0 Å². The van der Waals surface area contributed by atoms with E-state index in [1.165, 1.54) is 18.3 Å². The van der Waals surface area contributed by atoms with Gasteiger partial charge in [-0.3, -0.25) is 4.72 Å². The van der Waals surface area contributed by atoms with Gasteiger partial charge in [-0.2, -0.15) is 0 Å². The van der Waals surface area contributed by atoms with Crippen molar-refractivity contribution < 1.29 is 18.3 Å². The Morgan fingerprint density at radius 3 is 2.67 bits per heavy atom. The molecule has 0 aliphatic carbocycles. The van der Waals surface area contributed by atoms with E-state index in [4.69, 9.17) is 5.11 Å². The van der Waals surface area contributed by atoms with Crippen molar-refractivity contribution >= 4 is 37.6 Å². The number of carbonyl (C=O) groups is 1. The number of pyridine rings is 1. The standard InChI is InChI=1S/C13H11BrN2O4S/c1-8-2-3-9(14)6-12(8)21(19,20)16-10-4-5-15-11(7-10)13(17)18/h2-7H,1H3,(H,15,16)(H,17,18). The van der Waals surface area contributed by atoms with Crippen molar-refractivity contribution in [3.63, 3.8) is 0 Å². The van der Waals surface area contributed by atoms with Crippen molar-refractivity contribution in [2.45, 2.75) is 11.8 Å². The van der Waals surface area contributed by atoms with E-state index in [1.54, 1.807) is 19.1 Å². The second-order valence-electron chi connectivity index (χ2n) is 4.25. The molecular weight excluding hydrogens is 360 g/mol. The number of hydrogen-bond donors (Lipinski definition) is 2. The normalized spacial score (nSPS) is 11.1. The van der Waals surface area contributed by atoms with E-state index in [0.29, 0.717) is 10.0 Å². The molecule has 0 aliphatic heterocycles. The predicted octanol–water partition coefficient (Wildman–Crippen LogP) is 2.65. The zero-order valence-electron chi connectivity index (χ0n) is 10.9. The zero-order chi connectivity index (χ0) is 15.6. The highest BCUT2D eigenvalue weighted by molar-refractivity contribution is 9.10. The molecule has 21 heavy (non-hydrogen) atoms. The van der Waals surface area contributed by atoms with Crippen LogP contribution in [0.5, 0.6) is 0 Å². The van der Waals surface area contributed by atoms with Crippen LogP contribution in [0.15, 0.2) is 45.9 Å². The minimum Gasteiger partial charge on any atom is -0.477 e. The maximum Gasteiger partial charge on any atom is 0.354 e. The van der Waals surface area contributed by atoms with Gasteiger partial charge in [0.2, 0.25) is 0 Å². The third-order valence-electron chi connectivity index (χ3n) is 2.67. The molecule has 2 N–H and O–H groups in total. The third-order valence-corrected chi connectivity index (χ3v) is 4.69. The average Bonchev–Trinajstić information content (AvgIpc) is 2.41. The molecule has 0 atom stereocenters. The first-order chi connectivity index (χ1) is 9.79. The molecule has 0 unspecified atom stereocenters. The molecule has 0 spiro atoms. The van der Waals surface area contributed by atoms with Gasteiger partial charge < -0.3 is 5.11 Å². The highest BCUT2D eigenvalue weighted by atomic mass is 79.9. The van der Waals surface area contributed by atoms with Crippen molar-refractivity contribution in [2.75, 3.05) is 4.72 Å². The lowest BCUT2D eigenvalue weighted by atomic mass is 10.2. The summed E-state index contributed by atoms with van der Waals surface area (Å²) in [5.41, 5.74) is 0.487. The Kier molecular flexibility index (Phi) is 4.29. The van der Waals surface area contributed by atoms with Crippen molar-refractivity contribution in [3.05, 3.63) is 52.3 Å². The number of aromatic carboxylic acids is 1. The number of nitrogens with one attached hydrogen (secondary N) is 1. The molecular formula is C13H11BrN2O4S. The molecule has 2 rings (SSSR count). The second kappa shape index (κ2) is 5.82. The molecule has 1 aromatic heterocycles. The number of sulfonamides is 1. The highest BCUT2D eigenvalue weighted by Crippen LogP contribution is 2.23. The molecule has 6 nitrogen and oxygen atoms in total. The van der Waals surface area contributed by atoms with Crippen LogP contribution < -0.4 is 4.72 Å². The lowest BCUT2D eigenvalue weighted by Crippen LogP contribution is -2.15. The van der Waals surface area contributed by atoms with Gasteiger partial charge in [0.1, 0.15) is 5.69 Å². The van der Waals surface area contributed by atoms with Crippen molar-refractivity contribution in [1.29, 1.82) is 0 Å². The van der Waals surface area contributed by atoms with E-state index in [2.05, 4.69) is 25.6 Å². The number of rotatable bonds is 4. The van der Waals surface area contributed by atoms with Gasteiger partial charge in [0, 0.05) is 10.7 Å². The Morgan fingerprint density at radius 1 is 1.29 bits per heavy atom. The minimum atomic E-state index is -3.81. The van der Waals surface area contributed by atoms with Crippen LogP contribution in [-0.4, -0.2) is 24.5 Å². The fourth-order valence-electron chi connectivity index (χ4n) is 1.68. The largest absolute Gasteiger partial charge is 0.477 e. The van der Waals surface area contributed by atoms with E-state index < -0.39 is 16.0 Å². The topological polar surface area (TPSA) is 96.4 Å². The maximum absolute atomic E-state index is 12.4. The van der Waals surface area contributed by atoms with Crippen molar-refractivity contribution in [1.82, 2.24) is 4.98 Å². The SMILES string of the molecule is Cc1ccc(Br)cc1S(=O)(=O)Nc1ccnc(C(=O)O)c1. The predicted molar refractivity (Wildman–Crippen MR) is 80.9 cm³/mol. The lowest BCUT2D eigenvalue weighted by Gasteiger charge is -2.11. The maximum atomic E-state index is 12.4. The van der Waals surface area contributed by atoms with E-state index in [0.717, 1.165) is 6.07 Å². The molecule has 2 aromatic rings. The Labute approximate surface area is 130 Å². The number of benzene rings is 1. The van der Waals surface area contributed by atoms with Crippen LogP contribution in [0.2, 0.25) is 0 Å². The summed E-state index contributed by atoms with van der Waals surface area (Å²) >= 11 is 3.22. The number of anilines is 1. The van der Waals surface area contributed by atoms with Gasteiger partial charge in [-0.25, -0.2) is 18.2 Å². The van der Waals surface area contributed by atoms with E-state index in [1.807, 2.05) is 0 Å². The first-order valence-corrected chi connectivity index (χ1v) is 8.05. The van der Waals surface area contributed by atoms with Crippen LogP contribution in [0.1, 0.15) is 16.1 Å². The quantitative estimate of drug-likeness (QED) is 0.862. The van der Waals surface area contributed by atoms with Crippen LogP contribution in [-0.2, 0) is 10.0 Å². The van der Waals surface area contributed by atoms with Gasteiger partial charge in [0.25, 0.3) is 10.0 Å². The average molecular weight is 371 g/mol. The molecule has 0 bridgehead atoms. The molecule has 0 saturated heterocycles. The molecule has 1 aromatic carbocycles. The number of hydrogen-bond acceptors (Lipinski definition) is 4. The Hall–Kier alpha value is -1.93. The third kappa shape index (κ3) is 3.59. The van der Waals surface area contributed by atoms with Crippen molar-refractivity contribution in [2.24, 2.45) is 0 Å². The van der Waals surface area contributed by atoms with Gasteiger partial charge in [0.05, 0.1) is 10.6 Å². The smallest absolute Gasteiger partial charge is 0.354 e. The number of carboxylic acid groups (broad SMARTS) is 1. The number of halogens is 1. The molecule has 8 heteroatoms. The molecule has 110 valence electrons. The van der Waals surface area contributed by atoms with E-state index in [-0.39, 0.29) is 16.3 Å². The van der Waals surface area contributed by atoms with E-state index >= 15 is 0 Å². The van der Waals surface area contributed by atoms with Gasteiger partial charge in [-0.15, -0.1) is 0 Å². The summed E-state index contributed by atoms with van der Waals surface area (Å²) in [6.07, 6.45) is 1.23. The molecule has 0 radical (unpaired) electrons. The summed E-state index contributed by atoms with van der Waals surface area (Å²) in [4.78, 5) is 14.6. The monoisotopic (exact) mass is 370 g/mol. The molecule has 0 saturated carbocycles. The Morgan fingerprint density at radius 2 is 2.00 bits per heavy atom. The van der Waals surface area contributed by atoms with Gasteiger partial charge in [-0.05, 0) is 36.8 Å². The first-order valence-electron chi connectivity index (χ1n) is 5.78. The lowest BCUT2D eigenvalue weighted by molar-refractivity contribution is 0.0690. The molecule has 0 fully saturated rings. The Bertz CT molecular complexity index is 806. The van der Waals surface area contributed by atoms with Crippen LogP contribution in [0.4, 0.5) is 5.69 Å². The summed E-state index contributed by atoms with van der Waals surface area (Å²) < 4.78 is 27.7. The highest BCUT2D eigenvalue weighted by Gasteiger charge is 2.18. The number of aromatic nitrogens is 1. The summed E-state index contributed by atoms with van der Waals surface area (Å²) in [7, 11) is -3.81. The van der Waals surface area contributed by atoms with Gasteiger partial charge in [-0.1, -0.05) is 22.0 Å². The molecule has 0 aliphatic rings. The minimum absolute atomic E-state index is 0.116. The molecule has 1 heterocycles. The summed E-state index contributed by atoms with van der Waals surface area (Å²) in [6.45, 7) is 1.68. The summed E-state index contributed by atoms with van der Waals surface area (Å²) in [5, 5.41) is 8.86. The fourth-order valence-corrected chi connectivity index (χ4v) is 3.52. The second-order valence-corrected chi connectivity index (χ2v) is 6.82. The zero-order valence-corrected chi connectivity index (χ0v) is 13.3. The summed E-state index contributed by atoms with van der Waals surface area (Å²) in [5.74, 6) is -1.23. The van der Waals surface area contributed by atoms with Crippen LogP contribution in [0, 0.1) is 6.92 Å². The van der Waals surface area contributed by atoms with Crippen LogP contribution >= 0.6 is 15.9 Å². The number of nitrogens with zero attached hydrogens (tertiary/aromatic N) is 1. The first kappa shape index (κ1) is 15.5. The van der Waals surface area contributed by atoms with Crippen LogP contribution in [0.3, 0.4) is 0 Å². The number of aryl methyl sites for hydroxylation is 1. The fraction of sp³-hybridized carbons (Fsp3) is 0.0769. The Balaban J connectivity index is 2.40. The van der Waals surface area contributed by atoms with Gasteiger partial charge >= 0.3 is 5.97 Å². The number of carboxylic acids is 1. The van der Waals surface area contributed by atoms with E-state index in [9.17, 15) is 13.2 Å². The van der Waals surface area contributed by atoms with Crippen molar-refractivity contribution in [3.8, 4) is 0 Å². The summed E-state index contributed by atoms with van der Waals surface area (Å²) in [6, 6.07) is 7.44.